The van der Waals surface area contributed by atoms with E-state index < -0.39 is 5.54 Å². The molecule has 2 aliphatic rings. The molecule has 0 spiro atoms. The number of nitrogens with zero attached hydrogens (tertiary/aromatic N) is 6. The monoisotopic (exact) mass is 325 g/mol. The lowest BCUT2D eigenvalue weighted by atomic mass is 10.1. The molecular formula is C17H23N7. The van der Waals surface area contributed by atoms with E-state index in [1.807, 2.05) is 0 Å². The Bertz CT molecular complexity index is 649. The molecule has 7 nitrogen and oxygen atoms in total. The summed E-state index contributed by atoms with van der Waals surface area (Å²) in [4.78, 5) is 13.5. The van der Waals surface area contributed by atoms with Gasteiger partial charge in [0.1, 0.15) is 17.2 Å². The highest BCUT2D eigenvalue weighted by atomic mass is 15.3. The molecule has 0 unspecified atom stereocenters. The summed E-state index contributed by atoms with van der Waals surface area (Å²) in [7, 11) is 0. The molecule has 0 atom stereocenters. The first-order chi connectivity index (χ1) is 11.5. The molecule has 0 aliphatic carbocycles. The molecule has 0 bridgehead atoms. The first-order valence-corrected chi connectivity index (χ1v) is 8.55. The molecule has 3 heterocycles. The van der Waals surface area contributed by atoms with Crippen molar-refractivity contribution in [1.82, 2.24) is 9.97 Å². The van der Waals surface area contributed by atoms with Gasteiger partial charge in [-0.05, 0) is 39.5 Å². The topological polar surface area (TPSA) is 91.9 Å². The van der Waals surface area contributed by atoms with Crippen LogP contribution in [0.1, 0.15) is 45.1 Å². The van der Waals surface area contributed by atoms with Gasteiger partial charge in [0.2, 0.25) is 5.95 Å². The van der Waals surface area contributed by atoms with Crippen LogP contribution in [0.15, 0.2) is 0 Å². The van der Waals surface area contributed by atoms with Gasteiger partial charge in [-0.3, -0.25) is 0 Å². The van der Waals surface area contributed by atoms with Crippen LogP contribution in [0, 0.1) is 22.7 Å². The molecular weight excluding hydrogens is 302 g/mol. The lowest BCUT2D eigenvalue weighted by Gasteiger charge is -2.26. The third kappa shape index (κ3) is 3.21. The summed E-state index contributed by atoms with van der Waals surface area (Å²) in [5.41, 5.74) is -0.210. The van der Waals surface area contributed by atoms with E-state index in [4.69, 9.17) is 0 Å². The number of anilines is 3. The van der Waals surface area contributed by atoms with Crippen molar-refractivity contribution in [2.24, 2.45) is 0 Å². The Balaban J connectivity index is 2.07. The number of aromatic nitrogens is 2. The van der Waals surface area contributed by atoms with E-state index in [-0.39, 0.29) is 0 Å². The van der Waals surface area contributed by atoms with Crippen LogP contribution in [0.3, 0.4) is 0 Å². The maximum Gasteiger partial charge on any atom is 0.227 e. The van der Waals surface area contributed by atoms with Crippen molar-refractivity contribution >= 4 is 17.6 Å². The van der Waals surface area contributed by atoms with Crippen LogP contribution in [0.2, 0.25) is 0 Å². The molecule has 7 heteroatoms. The van der Waals surface area contributed by atoms with Gasteiger partial charge in [-0.15, -0.1) is 0 Å². The minimum Gasteiger partial charge on any atom is -0.355 e. The number of rotatable bonds is 4. The zero-order valence-electron chi connectivity index (χ0n) is 14.3. The van der Waals surface area contributed by atoms with Gasteiger partial charge < -0.3 is 15.1 Å². The van der Waals surface area contributed by atoms with Crippen molar-refractivity contribution in [3.63, 3.8) is 0 Å². The van der Waals surface area contributed by atoms with E-state index in [1.165, 1.54) is 0 Å². The number of hydrogen-bond donors (Lipinski definition) is 1. The fourth-order valence-electron chi connectivity index (χ4n) is 3.22. The maximum absolute atomic E-state index is 9.73. The highest BCUT2D eigenvalue weighted by Crippen LogP contribution is 2.32. The maximum atomic E-state index is 9.73. The first-order valence-electron chi connectivity index (χ1n) is 8.55. The molecule has 0 radical (unpaired) electrons. The van der Waals surface area contributed by atoms with Crippen molar-refractivity contribution in [3.05, 3.63) is 5.56 Å². The lowest BCUT2D eigenvalue weighted by molar-refractivity contribution is 0.714. The van der Waals surface area contributed by atoms with Crippen LogP contribution >= 0.6 is 0 Å². The minimum atomic E-state index is -0.765. The van der Waals surface area contributed by atoms with Gasteiger partial charge in [-0.1, -0.05) is 0 Å². The summed E-state index contributed by atoms with van der Waals surface area (Å²) in [6.45, 7) is 7.22. The van der Waals surface area contributed by atoms with Gasteiger partial charge in [0, 0.05) is 26.2 Å². The molecule has 0 amide bonds. The largest absolute Gasteiger partial charge is 0.355 e. The second-order valence-electron chi connectivity index (χ2n) is 6.93. The molecule has 126 valence electrons. The summed E-state index contributed by atoms with van der Waals surface area (Å²) in [5.74, 6) is 1.82. The predicted octanol–water partition coefficient (Wildman–Crippen LogP) is 2.26. The molecule has 1 aromatic heterocycles. The predicted molar refractivity (Wildman–Crippen MR) is 93.0 cm³/mol. The summed E-state index contributed by atoms with van der Waals surface area (Å²) in [5, 5.41) is 22.1. The van der Waals surface area contributed by atoms with Gasteiger partial charge in [0.25, 0.3) is 0 Å². The summed E-state index contributed by atoms with van der Waals surface area (Å²) < 4.78 is 0. The van der Waals surface area contributed by atoms with E-state index in [0.29, 0.717) is 23.1 Å². The molecule has 1 aromatic rings. The summed E-state index contributed by atoms with van der Waals surface area (Å²) >= 11 is 0. The second-order valence-corrected chi connectivity index (χ2v) is 6.93. The second kappa shape index (κ2) is 6.52. The highest BCUT2D eigenvalue weighted by molar-refractivity contribution is 5.69. The van der Waals surface area contributed by atoms with Crippen LogP contribution in [-0.2, 0) is 0 Å². The van der Waals surface area contributed by atoms with Gasteiger partial charge in [-0.25, -0.2) is 0 Å². The average molecular weight is 325 g/mol. The number of hydrogen-bond acceptors (Lipinski definition) is 7. The molecule has 2 saturated heterocycles. The van der Waals surface area contributed by atoms with Gasteiger partial charge in [0.05, 0.1) is 6.07 Å². The molecule has 1 N–H and O–H groups in total. The Labute approximate surface area is 142 Å². The van der Waals surface area contributed by atoms with E-state index in [2.05, 4.69) is 37.2 Å². The Kier molecular flexibility index (Phi) is 4.44. The third-order valence-corrected chi connectivity index (χ3v) is 4.50. The van der Waals surface area contributed by atoms with Crippen LogP contribution in [0.4, 0.5) is 17.6 Å². The van der Waals surface area contributed by atoms with E-state index in [9.17, 15) is 10.5 Å². The fourth-order valence-corrected chi connectivity index (χ4v) is 3.22. The van der Waals surface area contributed by atoms with Crippen LogP contribution in [0.25, 0.3) is 0 Å². The minimum absolute atomic E-state index is 0.421. The average Bonchev–Trinajstić information content (AvgIpc) is 3.27. The molecule has 0 aromatic carbocycles. The van der Waals surface area contributed by atoms with E-state index >= 15 is 0 Å². The Morgan fingerprint density at radius 2 is 1.38 bits per heavy atom. The van der Waals surface area contributed by atoms with Gasteiger partial charge in [0.15, 0.2) is 11.6 Å². The molecule has 0 saturated carbocycles. The normalized spacial score (nSPS) is 17.7. The number of nitriles is 2. The van der Waals surface area contributed by atoms with Gasteiger partial charge in [-0.2, -0.15) is 20.5 Å². The first kappa shape index (κ1) is 16.3. The third-order valence-electron chi connectivity index (χ3n) is 4.50. The van der Waals surface area contributed by atoms with Gasteiger partial charge >= 0.3 is 0 Å². The lowest BCUT2D eigenvalue weighted by Crippen LogP contribution is -2.32. The Morgan fingerprint density at radius 3 is 1.75 bits per heavy atom. The SMILES string of the molecule is CC(C)(C#N)Nc1nc(N2CCCC2)c(C#N)c(N2CCCC2)n1. The van der Waals surface area contributed by atoms with Crippen LogP contribution in [0.5, 0.6) is 0 Å². The van der Waals surface area contributed by atoms with Crippen LogP contribution < -0.4 is 15.1 Å². The van der Waals surface area contributed by atoms with Crippen molar-refractivity contribution in [1.29, 1.82) is 10.5 Å². The van der Waals surface area contributed by atoms with E-state index in [0.717, 1.165) is 51.9 Å². The molecule has 2 fully saturated rings. The molecule has 2 aliphatic heterocycles. The molecule has 3 rings (SSSR count). The standard InChI is InChI=1S/C17H23N7/c1-17(2,12-19)22-16-20-14(23-7-3-4-8-23)13(11-18)15(21-16)24-9-5-6-10-24/h3-10H2,1-2H3,(H,20,21,22). The van der Waals surface area contributed by atoms with Crippen LogP contribution in [-0.4, -0.2) is 41.7 Å². The zero-order chi connectivity index (χ0) is 17.2. The Hall–Kier alpha value is -2.54. The fraction of sp³-hybridized carbons (Fsp3) is 0.647. The van der Waals surface area contributed by atoms with Crippen molar-refractivity contribution < 1.29 is 0 Å². The number of nitrogens with one attached hydrogen (secondary N) is 1. The van der Waals surface area contributed by atoms with Crippen molar-refractivity contribution in [3.8, 4) is 12.1 Å². The van der Waals surface area contributed by atoms with Crippen molar-refractivity contribution in [2.45, 2.75) is 45.1 Å². The smallest absolute Gasteiger partial charge is 0.227 e. The highest BCUT2D eigenvalue weighted by Gasteiger charge is 2.27. The zero-order valence-corrected chi connectivity index (χ0v) is 14.3. The quantitative estimate of drug-likeness (QED) is 0.907. The van der Waals surface area contributed by atoms with E-state index in [1.54, 1.807) is 13.8 Å². The Morgan fingerprint density at radius 1 is 0.917 bits per heavy atom. The summed E-state index contributed by atoms with van der Waals surface area (Å²) in [6, 6.07) is 4.53. The van der Waals surface area contributed by atoms with Crippen molar-refractivity contribution in [2.75, 3.05) is 41.3 Å². The molecule has 24 heavy (non-hydrogen) atoms. The summed E-state index contributed by atoms with van der Waals surface area (Å²) in [6.07, 6.45) is 4.45.